The zero-order valence-corrected chi connectivity index (χ0v) is 15.9. The Balaban J connectivity index is 1.67. The normalized spacial score (nSPS) is 14.8. The summed E-state index contributed by atoms with van der Waals surface area (Å²) in [4.78, 5) is 30.3. The van der Waals surface area contributed by atoms with E-state index in [0.29, 0.717) is 38.2 Å². The maximum absolute atomic E-state index is 12.2. The van der Waals surface area contributed by atoms with E-state index in [0.717, 1.165) is 25.3 Å². The maximum atomic E-state index is 12.2. The Hall–Kier alpha value is -2.15. The summed E-state index contributed by atoms with van der Waals surface area (Å²) >= 11 is 0. The van der Waals surface area contributed by atoms with Crippen LogP contribution in [0.1, 0.15) is 50.4 Å². The number of hydrogen-bond acceptors (Lipinski definition) is 6. The van der Waals surface area contributed by atoms with Crippen molar-refractivity contribution in [1.82, 2.24) is 10.3 Å². The maximum Gasteiger partial charge on any atom is 0.407 e. The second kappa shape index (κ2) is 9.52. The number of hydrogen-bond donors (Lipinski definition) is 1. The number of morpholine rings is 1. The number of pyridine rings is 1. The van der Waals surface area contributed by atoms with Crippen molar-refractivity contribution in [2.75, 3.05) is 37.7 Å². The fourth-order valence-corrected chi connectivity index (χ4v) is 2.59. The number of carbonyl (C=O) groups is 2. The Morgan fingerprint density at radius 3 is 2.58 bits per heavy atom. The van der Waals surface area contributed by atoms with Gasteiger partial charge in [0, 0.05) is 37.8 Å². The van der Waals surface area contributed by atoms with E-state index in [2.05, 4.69) is 15.2 Å². The Labute approximate surface area is 155 Å². The van der Waals surface area contributed by atoms with Gasteiger partial charge in [-0.1, -0.05) is 0 Å². The first-order chi connectivity index (χ1) is 12.3. The third-order valence-electron chi connectivity index (χ3n) is 3.90. The van der Waals surface area contributed by atoms with Crippen molar-refractivity contribution in [2.24, 2.45) is 0 Å². The lowest BCUT2D eigenvalue weighted by molar-refractivity contribution is 0.0527. The summed E-state index contributed by atoms with van der Waals surface area (Å²) in [5, 5.41) is 2.70. The minimum absolute atomic E-state index is 0.0725. The lowest BCUT2D eigenvalue weighted by atomic mass is 10.1. The van der Waals surface area contributed by atoms with E-state index in [1.54, 1.807) is 6.20 Å². The largest absolute Gasteiger partial charge is 0.444 e. The summed E-state index contributed by atoms with van der Waals surface area (Å²) in [6.45, 7) is 9.03. The van der Waals surface area contributed by atoms with Gasteiger partial charge in [-0.3, -0.25) is 4.79 Å². The van der Waals surface area contributed by atoms with Crippen LogP contribution in [-0.4, -0.2) is 55.3 Å². The number of nitrogens with zero attached hydrogens (tertiary/aromatic N) is 2. The highest BCUT2D eigenvalue weighted by molar-refractivity contribution is 5.95. The molecule has 2 heterocycles. The summed E-state index contributed by atoms with van der Waals surface area (Å²) in [6.07, 6.45) is 3.09. The zero-order chi connectivity index (χ0) is 19.0. The second-order valence-corrected chi connectivity index (χ2v) is 7.31. The Morgan fingerprint density at radius 1 is 1.23 bits per heavy atom. The summed E-state index contributed by atoms with van der Waals surface area (Å²) in [5.74, 6) is 0.953. The van der Waals surface area contributed by atoms with Crippen LogP contribution in [0.15, 0.2) is 18.3 Å². The van der Waals surface area contributed by atoms with Crippen molar-refractivity contribution < 1.29 is 19.1 Å². The van der Waals surface area contributed by atoms with Crippen molar-refractivity contribution in [3.8, 4) is 0 Å². The smallest absolute Gasteiger partial charge is 0.407 e. The molecule has 1 aliphatic heterocycles. The number of ketones is 1. The summed E-state index contributed by atoms with van der Waals surface area (Å²) in [5.41, 5.74) is 0.127. The molecule has 1 aromatic rings. The van der Waals surface area contributed by atoms with Crippen LogP contribution in [0.5, 0.6) is 0 Å². The third-order valence-corrected chi connectivity index (χ3v) is 3.90. The molecule has 2 rings (SSSR count). The summed E-state index contributed by atoms with van der Waals surface area (Å²) in [6, 6.07) is 3.72. The van der Waals surface area contributed by atoms with Gasteiger partial charge >= 0.3 is 6.09 Å². The van der Waals surface area contributed by atoms with Crippen molar-refractivity contribution in [1.29, 1.82) is 0 Å². The molecule has 0 aromatic carbocycles. The number of amides is 1. The van der Waals surface area contributed by atoms with Gasteiger partial charge in [0.1, 0.15) is 11.4 Å². The van der Waals surface area contributed by atoms with Crippen LogP contribution in [0.3, 0.4) is 0 Å². The molecule has 0 spiro atoms. The highest BCUT2D eigenvalue weighted by atomic mass is 16.6. The number of rotatable bonds is 7. The first-order valence-electron chi connectivity index (χ1n) is 9.14. The van der Waals surface area contributed by atoms with Crippen molar-refractivity contribution in [3.05, 3.63) is 23.9 Å². The molecule has 1 fully saturated rings. The van der Waals surface area contributed by atoms with Gasteiger partial charge < -0.3 is 19.7 Å². The standard InChI is InChI=1S/C19H29N3O4/c1-19(2,3)26-18(24)20-9-5-4-6-16(23)15-7-8-17(21-14-15)22-10-12-25-13-11-22/h7-8,14H,4-6,9-13H2,1-3H3,(H,20,24). The first kappa shape index (κ1) is 20.2. The summed E-state index contributed by atoms with van der Waals surface area (Å²) in [7, 11) is 0. The molecule has 1 amide bonds. The number of anilines is 1. The number of nitrogens with one attached hydrogen (secondary N) is 1. The monoisotopic (exact) mass is 363 g/mol. The third kappa shape index (κ3) is 7.00. The molecule has 0 radical (unpaired) electrons. The van der Waals surface area contributed by atoms with Gasteiger partial charge in [0.2, 0.25) is 0 Å². The number of unbranched alkanes of at least 4 members (excludes halogenated alkanes) is 1. The molecule has 1 aliphatic rings. The van der Waals surface area contributed by atoms with Gasteiger partial charge in [0.25, 0.3) is 0 Å². The zero-order valence-electron chi connectivity index (χ0n) is 15.9. The number of carbonyl (C=O) groups excluding carboxylic acids is 2. The van der Waals surface area contributed by atoms with Crippen LogP contribution in [0, 0.1) is 0 Å². The van der Waals surface area contributed by atoms with Crippen LogP contribution in [0.2, 0.25) is 0 Å². The van der Waals surface area contributed by atoms with Crippen molar-refractivity contribution in [3.63, 3.8) is 0 Å². The fourth-order valence-electron chi connectivity index (χ4n) is 2.59. The lowest BCUT2D eigenvalue weighted by Gasteiger charge is -2.27. The highest BCUT2D eigenvalue weighted by Crippen LogP contribution is 2.14. The molecule has 144 valence electrons. The minimum atomic E-state index is -0.500. The molecule has 0 unspecified atom stereocenters. The molecular formula is C19H29N3O4. The van der Waals surface area contributed by atoms with Gasteiger partial charge in [-0.2, -0.15) is 0 Å². The molecule has 0 aliphatic carbocycles. The molecule has 7 heteroatoms. The molecule has 0 bridgehead atoms. The second-order valence-electron chi connectivity index (χ2n) is 7.31. The van der Waals surface area contributed by atoms with Crippen LogP contribution in [0.4, 0.5) is 10.6 Å². The van der Waals surface area contributed by atoms with Gasteiger partial charge in [0.15, 0.2) is 5.78 Å². The number of Topliss-reactive ketones (excluding diaryl/α,β-unsaturated/α-hetero) is 1. The average molecular weight is 363 g/mol. The molecular weight excluding hydrogens is 334 g/mol. The van der Waals surface area contributed by atoms with E-state index >= 15 is 0 Å². The van der Waals surface area contributed by atoms with Crippen LogP contribution < -0.4 is 10.2 Å². The van der Waals surface area contributed by atoms with E-state index in [-0.39, 0.29) is 5.78 Å². The fraction of sp³-hybridized carbons (Fsp3) is 0.632. The minimum Gasteiger partial charge on any atom is -0.444 e. The topological polar surface area (TPSA) is 80.8 Å². The Bertz CT molecular complexity index is 590. The molecule has 26 heavy (non-hydrogen) atoms. The SMILES string of the molecule is CC(C)(C)OC(=O)NCCCCC(=O)c1ccc(N2CCOCC2)nc1. The van der Waals surface area contributed by atoms with E-state index < -0.39 is 11.7 Å². The molecule has 1 N–H and O–H groups in total. The van der Waals surface area contributed by atoms with Gasteiger partial charge in [-0.15, -0.1) is 0 Å². The number of alkyl carbamates (subject to hydrolysis) is 1. The lowest BCUT2D eigenvalue weighted by Crippen LogP contribution is -2.36. The summed E-state index contributed by atoms with van der Waals surface area (Å²) < 4.78 is 10.5. The molecule has 1 aromatic heterocycles. The average Bonchev–Trinajstić information content (AvgIpc) is 2.60. The van der Waals surface area contributed by atoms with E-state index in [4.69, 9.17) is 9.47 Å². The molecule has 1 saturated heterocycles. The first-order valence-corrected chi connectivity index (χ1v) is 9.14. The quantitative estimate of drug-likeness (QED) is 0.593. The molecule has 0 atom stereocenters. The van der Waals surface area contributed by atoms with Crippen LogP contribution >= 0.6 is 0 Å². The highest BCUT2D eigenvalue weighted by Gasteiger charge is 2.16. The van der Waals surface area contributed by atoms with Crippen molar-refractivity contribution >= 4 is 17.7 Å². The van der Waals surface area contributed by atoms with Gasteiger partial charge in [-0.25, -0.2) is 9.78 Å². The predicted octanol–water partition coefficient (Wildman–Crippen LogP) is 2.80. The van der Waals surface area contributed by atoms with Crippen LogP contribution in [-0.2, 0) is 9.47 Å². The number of aromatic nitrogens is 1. The number of ether oxygens (including phenoxy) is 2. The predicted molar refractivity (Wildman–Crippen MR) is 99.7 cm³/mol. The molecule has 7 nitrogen and oxygen atoms in total. The van der Waals surface area contributed by atoms with Crippen molar-refractivity contribution in [2.45, 2.75) is 45.6 Å². The van der Waals surface area contributed by atoms with E-state index in [9.17, 15) is 9.59 Å². The Kier molecular flexibility index (Phi) is 7.38. The van der Waals surface area contributed by atoms with Gasteiger partial charge in [-0.05, 0) is 45.7 Å². The van der Waals surface area contributed by atoms with Gasteiger partial charge in [0.05, 0.1) is 13.2 Å². The molecule has 0 saturated carbocycles. The van der Waals surface area contributed by atoms with E-state index in [1.165, 1.54) is 0 Å². The van der Waals surface area contributed by atoms with E-state index in [1.807, 2.05) is 32.9 Å². The van der Waals surface area contributed by atoms with Crippen LogP contribution in [0.25, 0.3) is 0 Å². The Morgan fingerprint density at radius 2 is 1.96 bits per heavy atom.